The van der Waals surface area contributed by atoms with Crippen molar-refractivity contribution >= 4 is 11.6 Å². The Balaban J connectivity index is 2.07. The lowest BCUT2D eigenvalue weighted by molar-refractivity contribution is 0.108. The van der Waals surface area contributed by atoms with Crippen LogP contribution < -0.4 is 4.74 Å². The smallest absolute Gasteiger partial charge is 0.137 e. The molecule has 1 aliphatic rings. The molecule has 1 aromatic rings. The third-order valence-corrected chi connectivity index (χ3v) is 4.23. The number of aryl methyl sites for hydroxylation is 1. The summed E-state index contributed by atoms with van der Waals surface area (Å²) in [5, 5.41) is 10.2. The molecule has 100 valence electrons. The first-order valence-corrected chi connectivity index (χ1v) is 6.99. The molecule has 0 heterocycles. The second kappa shape index (κ2) is 5.94. The van der Waals surface area contributed by atoms with E-state index in [1.165, 1.54) is 11.1 Å². The molecule has 0 amide bonds. The predicted molar refractivity (Wildman–Crippen MR) is 74.4 cm³/mol. The summed E-state index contributed by atoms with van der Waals surface area (Å²) in [5.41, 5.74) is 2.55. The SMILES string of the molecule is COc1cc(C)c(CC2CCC(O)CC2)cc1Cl. The first kappa shape index (κ1) is 13.7. The van der Waals surface area contributed by atoms with Gasteiger partial charge in [0.1, 0.15) is 5.75 Å². The second-order valence-corrected chi connectivity index (χ2v) is 5.70. The minimum absolute atomic E-state index is 0.0817. The summed E-state index contributed by atoms with van der Waals surface area (Å²) in [5.74, 6) is 1.42. The van der Waals surface area contributed by atoms with Crippen LogP contribution in [0.2, 0.25) is 5.02 Å². The molecule has 1 aromatic carbocycles. The zero-order valence-corrected chi connectivity index (χ0v) is 11.8. The number of aliphatic hydroxyl groups is 1. The summed E-state index contributed by atoms with van der Waals surface area (Å²) >= 11 is 6.18. The van der Waals surface area contributed by atoms with Crippen molar-refractivity contribution in [3.63, 3.8) is 0 Å². The van der Waals surface area contributed by atoms with Gasteiger partial charge in [-0.3, -0.25) is 0 Å². The van der Waals surface area contributed by atoms with Crippen LogP contribution >= 0.6 is 11.6 Å². The van der Waals surface area contributed by atoms with Crippen molar-refractivity contribution in [2.45, 2.75) is 45.1 Å². The largest absolute Gasteiger partial charge is 0.495 e. The fourth-order valence-corrected chi connectivity index (χ4v) is 3.00. The van der Waals surface area contributed by atoms with E-state index in [1.807, 2.05) is 12.1 Å². The Morgan fingerprint density at radius 3 is 2.56 bits per heavy atom. The van der Waals surface area contributed by atoms with E-state index in [2.05, 4.69) is 6.92 Å². The van der Waals surface area contributed by atoms with Crippen LogP contribution in [0.4, 0.5) is 0 Å². The number of aliphatic hydroxyl groups excluding tert-OH is 1. The normalized spacial score (nSPS) is 24.0. The Kier molecular flexibility index (Phi) is 4.52. The molecule has 0 saturated heterocycles. The van der Waals surface area contributed by atoms with Crippen LogP contribution in [0.15, 0.2) is 12.1 Å². The highest BCUT2D eigenvalue weighted by atomic mass is 35.5. The van der Waals surface area contributed by atoms with E-state index >= 15 is 0 Å². The van der Waals surface area contributed by atoms with Crippen molar-refractivity contribution in [1.82, 2.24) is 0 Å². The molecule has 0 atom stereocenters. The van der Waals surface area contributed by atoms with Gasteiger partial charge in [-0.2, -0.15) is 0 Å². The minimum atomic E-state index is -0.0817. The monoisotopic (exact) mass is 268 g/mol. The van der Waals surface area contributed by atoms with Crippen molar-refractivity contribution < 1.29 is 9.84 Å². The maximum Gasteiger partial charge on any atom is 0.137 e. The van der Waals surface area contributed by atoms with E-state index in [0.29, 0.717) is 10.9 Å². The van der Waals surface area contributed by atoms with Gasteiger partial charge in [-0.05, 0) is 68.2 Å². The fourth-order valence-electron chi connectivity index (χ4n) is 2.73. The number of benzene rings is 1. The van der Waals surface area contributed by atoms with Gasteiger partial charge in [0.2, 0.25) is 0 Å². The number of hydrogen-bond donors (Lipinski definition) is 1. The van der Waals surface area contributed by atoms with Gasteiger partial charge >= 0.3 is 0 Å². The standard InChI is InChI=1S/C15H21ClO2/c1-10-7-15(18-2)14(16)9-12(10)8-11-3-5-13(17)6-4-11/h7,9,11,13,17H,3-6,8H2,1-2H3. The zero-order chi connectivity index (χ0) is 13.1. The highest BCUT2D eigenvalue weighted by Gasteiger charge is 2.20. The molecule has 1 saturated carbocycles. The molecule has 0 radical (unpaired) electrons. The predicted octanol–water partition coefficient (Wildman–Crippen LogP) is 3.75. The quantitative estimate of drug-likeness (QED) is 0.905. The third-order valence-electron chi connectivity index (χ3n) is 3.94. The van der Waals surface area contributed by atoms with E-state index in [-0.39, 0.29) is 6.10 Å². The van der Waals surface area contributed by atoms with Gasteiger partial charge in [0.15, 0.2) is 0 Å². The van der Waals surface area contributed by atoms with E-state index < -0.39 is 0 Å². The van der Waals surface area contributed by atoms with E-state index in [9.17, 15) is 5.11 Å². The summed E-state index contributed by atoms with van der Waals surface area (Å²) < 4.78 is 5.22. The molecule has 1 fully saturated rings. The first-order chi connectivity index (χ1) is 8.60. The maximum atomic E-state index is 9.52. The van der Waals surface area contributed by atoms with Gasteiger partial charge in [-0.1, -0.05) is 11.6 Å². The number of hydrogen-bond acceptors (Lipinski definition) is 2. The molecule has 1 aliphatic carbocycles. The Morgan fingerprint density at radius 1 is 1.28 bits per heavy atom. The van der Waals surface area contributed by atoms with Crippen LogP contribution in [0, 0.1) is 12.8 Å². The fraction of sp³-hybridized carbons (Fsp3) is 0.600. The average Bonchev–Trinajstić information content (AvgIpc) is 2.36. The van der Waals surface area contributed by atoms with Crippen LogP contribution in [0.5, 0.6) is 5.75 Å². The number of ether oxygens (including phenoxy) is 1. The van der Waals surface area contributed by atoms with Crippen molar-refractivity contribution in [3.05, 3.63) is 28.3 Å². The topological polar surface area (TPSA) is 29.5 Å². The van der Waals surface area contributed by atoms with Crippen molar-refractivity contribution in [1.29, 1.82) is 0 Å². The summed E-state index contributed by atoms with van der Waals surface area (Å²) in [7, 11) is 1.64. The van der Waals surface area contributed by atoms with Crippen LogP contribution in [0.1, 0.15) is 36.8 Å². The second-order valence-electron chi connectivity index (χ2n) is 5.29. The number of halogens is 1. The number of methoxy groups -OCH3 is 1. The Labute approximate surface area is 114 Å². The van der Waals surface area contributed by atoms with Crippen LogP contribution in [0.3, 0.4) is 0 Å². The zero-order valence-electron chi connectivity index (χ0n) is 11.1. The molecule has 0 aliphatic heterocycles. The van der Waals surface area contributed by atoms with Crippen molar-refractivity contribution in [3.8, 4) is 5.75 Å². The van der Waals surface area contributed by atoms with Crippen molar-refractivity contribution in [2.75, 3.05) is 7.11 Å². The van der Waals surface area contributed by atoms with E-state index in [1.54, 1.807) is 7.11 Å². The lowest BCUT2D eigenvalue weighted by atomic mass is 9.83. The Morgan fingerprint density at radius 2 is 1.94 bits per heavy atom. The van der Waals surface area contributed by atoms with Gasteiger partial charge in [-0.15, -0.1) is 0 Å². The summed E-state index contributed by atoms with van der Waals surface area (Å²) in [6.45, 7) is 2.10. The maximum absolute atomic E-state index is 9.52. The summed E-state index contributed by atoms with van der Waals surface area (Å²) in [6.07, 6.45) is 5.08. The molecular weight excluding hydrogens is 248 g/mol. The lowest BCUT2D eigenvalue weighted by Gasteiger charge is -2.26. The van der Waals surface area contributed by atoms with Crippen molar-refractivity contribution in [2.24, 2.45) is 5.92 Å². The molecule has 1 N–H and O–H groups in total. The van der Waals surface area contributed by atoms with E-state index in [4.69, 9.17) is 16.3 Å². The molecule has 0 aromatic heterocycles. The molecule has 2 nitrogen and oxygen atoms in total. The highest BCUT2D eigenvalue weighted by molar-refractivity contribution is 6.32. The molecule has 0 unspecified atom stereocenters. The van der Waals surface area contributed by atoms with Gasteiger partial charge in [0, 0.05) is 0 Å². The van der Waals surface area contributed by atoms with Crippen LogP contribution in [-0.4, -0.2) is 18.3 Å². The minimum Gasteiger partial charge on any atom is -0.495 e. The molecule has 18 heavy (non-hydrogen) atoms. The van der Waals surface area contributed by atoms with Crippen LogP contribution in [-0.2, 0) is 6.42 Å². The third kappa shape index (κ3) is 3.18. The Bertz CT molecular complexity index is 409. The molecule has 2 rings (SSSR count). The van der Waals surface area contributed by atoms with Crippen LogP contribution in [0.25, 0.3) is 0 Å². The first-order valence-electron chi connectivity index (χ1n) is 6.61. The number of rotatable bonds is 3. The molecule has 0 spiro atoms. The van der Waals surface area contributed by atoms with Gasteiger partial charge < -0.3 is 9.84 Å². The lowest BCUT2D eigenvalue weighted by Crippen LogP contribution is -2.19. The highest BCUT2D eigenvalue weighted by Crippen LogP contribution is 2.32. The molecule has 3 heteroatoms. The molecule has 0 bridgehead atoms. The Hall–Kier alpha value is -0.730. The molecular formula is C15H21ClO2. The summed E-state index contributed by atoms with van der Waals surface area (Å²) in [4.78, 5) is 0. The average molecular weight is 269 g/mol. The van der Waals surface area contributed by atoms with Gasteiger partial charge in [0.25, 0.3) is 0 Å². The van der Waals surface area contributed by atoms with E-state index in [0.717, 1.165) is 37.9 Å². The summed E-state index contributed by atoms with van der Waals surface area (Å²) in [6, 6.07) is 4.04. The van der Waals surface area contributed by atoms with Gasteiger partial charge in [-0.25, -0.2) is 0 Å². The van der Waals surface area contributed by atoms with Gasteiger partial charge in [0.05, 0.1) is 18.2 Å².